The third kappa shape index (κ3) is 5.67. The molecule has 92 valence electrons. The maximum absolute atomic E-state index is 11.2. The van der Waals surface area contributed by atoms with E-state index in [9.17, 15) is 9.59 Å². The van der Waals surface area contributed by atoms with Crippen molar-refractivity contribution in [3.05, 3.63) is 35.9 Å². The molecule has 17 heavy (non-hydrogen) atoms. The van der Waals surface area contributed by atoms with Crippen LogP contribution in [0.5, 0.6) is 0 Å². The fraction of sp³-hybridized carbons (Fsp3) is 0.333. The Morgan fingerprint density at radius 2 is 1.94 bits per heavy atom. The second-order valence-electron chi connectivity index (χ2n) is 3.33. The molecule has 0 saturated carbocycles. The first-order chi connectivity index (χ1) is 8.22. The molecule has 0 heterocycles. The number of methoxy groups -OCH3 is 1. The Morgan fingerprint density at radius 1 is 1.24 bits per heavy atom. The lowest BCUT2D eigenvalue weighted by Gasteiger charge is -2.05. The van der Waals surface area contributed by atoms with E-state index in [-0.39, 0.29) is 19.1 Å². The van der Waals surface area contributed by atoms with Crippen LogP contribution in [0.2, 0.25) is 0 Å². The van der Waals surface area contributed by atoms with Crippen LogP contribution in [-0.4, -0.2) is 32.1 Å². The summed E-state index contributed by atoms with van der Waals surface area (Å²) in [7, 11) is 1.26. The molecule has 0 fully saturated rings. The van der Waals surface area contributed by atoms with Crippen molar-refractivity contribution in [3.63, 3.8) is 0 Å². The molecule has 0 aliphatic rings. The SMILES string of the molecule is COC(=O)CNC(=O)COCc1ccccc1. The van der Waals surface area contributed by atoms with Crippen LogP contribution in [0.3, 0.4) is 0 Å². The number of nitrogens with one attached hydrogen (secondary N) is 1. The van der Waals surface area contributed by atoms with E-state index in [0.717, 1.165) is 5.56 Å². The Bertz CT molecular complexity index is 364. The van der Waals surface area contributed by atoms with Crippen LogP contribution >= 0.6 is 0 Å². The Labute approximate surface area is 99.7 Å². The third-order valence-corrected chi connectivity index (χ3v) is 2.00. The van der Waals surface area contributed by atoms with Crippen molar-refractivity contribution in [2.75, 3.05) is 20.3 Å². The Kier molecular flexibility index (Phi) is 5.74. The summed E-state index contributed by atoms with van der Waals surface area (Å²) in [5.41, 5.74) is 0.994. The molecular formula is C12H15NO4. The van der Waals surface area contributed by atoms with E-state index in [2.05, 4.69) is 10.1 Å². The van der Waals surface area contributed by atoms with Crippen molar-refractivity contribution in [2.24, 2.45) is 0 Å². The topological polar surface area (TPSA) is 64.6 Å². The molecule has 1 aromatic carbocycles. The summed E-state index contributed by atoms with van der Waals surface area (Å²) in [6.45, 7) is 0.155. The Morgan fingerprint density at radius 3 is 2.59 bits per heavy atom. The van der Waals surface area contributed by atoms with E-state index in [1.807, 2.05) is 30.3 Å². The van der Waals surface area contributed by atoms with Gasteiger partial charge in [-0.3, -0.25) is 9.59 Å². The predicted octanol–water partition coefficient (Wildman–Crippen LogP) is 0.492. The molecule has 0 aromatic heterocycles. The van der Waals surface area contributed by atoms with Gasteiger partial charge >= 0.3 is 5.97 Å². The highest BCUT2D eigenvalue weighted by molar-refractivity contribution is 5.82. The van der Waals surface area contributed by atoms with Crippen LogP contribution in [0.25, 0.3) is 0 Å². The molecule has 1 rings (SSSR count). The van der Waals surface area contributed by atoms with E-state index < -0.39 is 5.97 Å². The number of rotatable bonds is 6. The number of hydrogen-bond acceptors (Lipinski definition) is 4. The van der Waals surface area contributed by atoms with Crippen molar-refractivity contribution in [1.29, 1.82) is 0 Å². The van der Waals surface area contributed by atoms with Gasteiger partial charge in [0.25, 0.3) is 0 Å². The number of benzene rings is 1. The van der Waals surface area contributed by atoms with Gasteiger partial charge in [-0.1, -0.05) is 30.3 Å². The van der Waals surface area contributed by atoms with Crippen molar-refractivity contribution in [3.8, 4) is 0 Å². The quantitative estimate of drug-likeness (QED) is 0.731. The van der Waals surface area contributed by atoms with Gasteiger partial charge in [-0.25, -0.2) is 0 Å². The normalized spacial score (nSPS) is 9.71. The lowest BCUT2D eigenvalue weighted by Crippen LogP contribution is -2.32. The maximum Gasteiger partial charge on any atom is 0.325 e. The lowest BCUT2D eigenvalue weighted by atomic mass is 10.2. The second-order valence-corrected chi connectivity index (χ2v) is 3.33. The van der Waals surface area contributed by atoms with Gasteiger partial charge in [0, 0.05) is 0 Å². The minimum absolute atomic E-state index is 0.0775. The largest absolute Gasteiger partial charge is 0.468 e. The maximum atomic E-state index is 11.2. The van der Waals surface area contributed by atoms with E-state index in [0.29, 0.717) is 6.61 Å². The summed E-state index contributed by atoms with van der Waals surface area (Å²) in [5.74, 6) is -0.826. The van der Waals surface area contributed by atoms with Gasteiger partial charge in [0.1, 0.15) is 13.2 Å². The molecule has 5 nitrogen and oxygen atoms in total. The fourth-order valence-corrected chi connectivity index (χ4v) is 1.13. The molecule has 1 aromatic rings. The van der Waals surface area contributed by atoms with E-state index in [1.54, 1.807) is 0 Å². The standard InChI is InChI=1S/C12H15NO4/c1-16-12(15)7-13-11(14)9-17-8-10-5-3-2-4-6-10/h2-6H,7-9H2,1H3,(H,13,14). The molecule has 0 spiro atoms. The van der Waals surface area contributed by atoms with Gasteiger partial charge in [0.05, 0.1) is 13.7 Å². The zero-order valence-corrected chi connectivity index (χ0v) is 9.64. The van der Waals surface area contributed by atoms with Gasteiger partial charge < -0.3 is 14.8 Å². The molecule has 0 atom stereocenters. The highest BCUT2D eigenvalue weighted by Gasteiger charge is 2.04. The number of carbonyl (C=O) groups is 2. The van der Waals surface area contributed by atoms with Crippen molar-refractivity contribution in [1.82, 2.24) is 5.32 Å². The van der Waals surface area contributed by atoms with Gasteiger partial charge in [-0.05, 0) is 5.56 Å². The summed E-state index contributed by atoms with van der Waals surface area (Å²) in [6.07, 6.45) is 0. The van der Waals surface area contributed by atoms with Crippen LogP contribution in [0.15, 0.2) is 30.3 Å². The van der Waals surface area contributed by atoms with Gasteiger partial charge in [0.15, 0.2) is 0 Å². The molecule has 0 saturated heterocycles. The highest BCUT2D eigenvalue weighted by atomic mass is 16.5. The Hall–Kier alpha value is -1.88. The first-order valence-electron chi connectivity index (χ1n) is 5.17. The molecule has 0 aliphatic heterocycles. The minimum atomic E-state index is -0.485. The van der Waals surface area contributed by atoms with Gasteiger partial charge in [0.2, 0.25) is 5.91 Å². The molecule has 1 amide bonds. The number of ether oxygens (including phenoxy) is 2. The molecule has 0 unspecified atom stereocenters. The van der Waals surface area contributed by atoms with Gasteiger partial charge in [-0.2, -0.15) is 0 Å². The zero-order chi connectivity index (χ0) is 12.5. The van der Waals surface area contributed by atoms with Crippen LogP contribution in [0, 0.1) is 0 Å². The van der Waals surface area contributed by atoms with Crippen molar-refractivity contribution in [2.45, 2.75) is 6.61 Å². The van der Waals surface area contributed by atoms with E-state index in [4.69, 9.17) is 4.74 Å². The summed E-state index contributed by atoms with van der Waals surface area (Å²) in [6, 6.07) is 9.53. The molecular weight excluding hydrogens is 222 g/mol. The average molecular weight is 237 g/mol. The number of esters is 1. The summed E-state index contributed by atoms with van der Waals surface area (Å²) in [5, 5.41) is 2.38. The first-order valence-corrected chi connectivity index (χ1v) is 5.17. The minimum Gasteiger partial charge on any atom is -0.468 e. The van der Waals surface area contributed by atoms with Crippen LogP contribution < -0.4 is 5.32 Å². The fourth-order valence-electron chi connectivity index (χ4n) is 1.13. The van der Waals surface area contributed by atoms with Crippen LogP contribution in [0.1, 0.15) is 5.56 Å². The van der Waals surface area contributed by atoms with Crippen molar-refractivity contribution < 1.29 is 19.1 Å². The molecule has 0 bridgehead atoms. The van der Waals surface area contributed by atoms with E-state index >= 15 is 0 Å². The summed E-state index contributed by atoms with van der Waals surface area (Å²) < 4.78 is 9.56. The lowest BCUT2D eigenvalue weighted by molar-refractivity contribution is -0.141. The summed E-state index contributed by atoms with van der Waals surface area (Å²) >= 11 is 0. The number of amides is 1. The third-order valence-electron chi connectivity index (χ3n) is 2.00. The predicted molar refractivity (Wildman–Crippen MR) is 61.1 cm³/mol. The second kappa shape index (κ2) is 7.40. The first kappa shape index (κ1) is 13.2. The molecule has 5 heteroatoms. The molecule has 0 aliphatic carbocycles. The smallest absolute Gasteiger partial charge is 0.325 e. The van der Waals surface area contributed by atoms with Crippen LogP contribution in [0.4, 0.5) is 0 Å². The van der Waals surface area contributed by atoms with Crippen molar-refractivity contribution >= 4 is 11.9 Å². The van der Waals surface area contributed by atoms with Gasteiger partial charge in [-0.15, -0.1) is 0 Å². The zero-order valence-electron chi connectivity index (χ0n) is 9.64. The number of carbonyl (C=O) groups excluding carboxylic acids is 2. The molecule has 0 radical (unpaired) electrons. The van der Waals surface area contributed by atoms with Crippen LogP contribution in [-0.2, 0) is 25.7 Å². The average Bonchev–Trinajstić information content (AvgIpc) is 2.37. The van der Waals surface area contributed by atoms with E-state index in [1.165, 1.54) is 7.11 Å². The monoisotopic (exact) mass is 237 g/mol. The number of hydrogen-bond donors (Lipinski definition) is 1. The highest BCUT2D eigenvalue weighted by Crippen LogP contribution is 1.99. The Balaban J connectivity index is 2.14. The molecule has 1 N–H and O–H groups in total. The summed E-state index contributed by atoms with van der Waals surface area (Å²) in [4.78, 5) is 21.9.